The first-order chi connectivity index (χ1) is 1.41. The molecule has 0 fully saturated rings. The van der Waals surface area contributed by atoms with E-state index < -0.39 is 0 Å². The second-order valence-corrected chi connectivity index (χ2v) is 0.250. The van der Waals surface area contributed by atoms with Crippen LogP contribution in [0.1, 0.15) is 0 Å². The SMILES string of the molecule is O=C=S.[Co].[Fe]. The summed E-state index contributed by atoms with van der Waals surface area (Å²) in [4.78, 5) is 8.50. The van der Waals surface area contributed by atoms with Gasteiger partial charge in [0.2, 0.25) is 5.23 Å². The Balaban J connectivity index is -0.0000000200. The normalized spacial score (nSPS) is 1.60. The third-order valence-electron chi connectivity index (χ3n) is 0. The van der Waals surface area contributed by atoms with Gasteiger partial charge in [-0.15, -0.1) is 0 Å². The standard InChI is InChI=1S/COS.Co.Fe/c2-1-3;;. The van der Waals surface area contributed by atoms with Crippen molar-refractivity contribution in [2.75, 3.05) is 0 Å². The van der Waals surface area contributed by atoms with E-state index in [2.05, 4.69) is 12.2 Å². The molecule has 0 bridgehead atoms. The molecule has 0 saturated heterocycles. The predicted molar refractivity (Wildman–Crippen MR) is 13.3 cm³/mol. The molecule has 0 heterocycles. The largest absolute Gasteiger partial charge is 0.220 e. The second kappa shape index (κ2) is 21.2. The Bertz CT molecular complexity index is 32.6. The summed E-state index contributed by atoms with van der Waals surface area (Å²) in [5.74, 6) is 0. The minimum absolute atomic E-state index is 0. The van der Waals surface area contributed by atoms with Crippen LogP contribution < -0.4 is 0 Å². The van der Waals surface area contributed by atoms with Crippen molar-refractivity contribution in [3.8, 4) is 0 Å². The van der Waals surface area contributed by atoms with Crippen LogP contribution in [-0.4, -0.2) is 5.23 Å². The molecule has 0 aliphatic rings. The van der Waals surface area contributed by atoms with Crippen LogP contribution in [0, 0.1) is 0 Å². The molecule has 1 radical (unpaired) electrons. The molecule has 0 aliphatic carbocycles. The molecule has 33 valence electrons. The molecule has 4 heteroatoms. The maximum absolute atomic E-state index is 8.50. The van der Waals surface area contributed by atoms with Gasteiger partial charge in [0, 0.05) is 46.1 Å². The van der Waals surface area contributed by atoms with Gasteiger partial charge >= 0.3 is 0 Å². The topological polar surface area (TPSA) is 17.1 Å². The van der Waals surface area contributed by atoms with Crippen molar-refractivity contribution in [3.05, 3.63) is 0 Å². The van der Waals surface area contributed by atoms with Gasteiger partial charge in [-0.3, -0.25) is 0 Å². The van der Waals surface area contributed by atoms with Gasteiger partial charge in [-0.25, -0.2) is 4.79 Å². The zero-order valence-electron chi connectivity index (χ0n) is 2.00. The van der Waals surface area contributed by atoms with Gasteiger partial charge in [-0.05, 0) is 0 Å². The summed E-state index contributed by atoms with van der Waals surface area (Å²) in [5, 5.41) is 1.08. The average molecular weight is 175 g/mol. The fourth-order valence-corrected chi connectivity index (χ4v) is 0. The molecular weight excluding hydrogens is 175 g/mol. The van der Waals surface area contributed by atoms with E-state index in [1.165, 1.54) is 0 Å². The van der Waals surface area contributed by atoms with Crippen LogP contribution >= 0.6 is 12.2 Å². The Labute approximate surface area is 56.2 Å². The number of hydrogen-bond acceptors (Lipinski definition) is 2. The minimum atomic E-state index is 0. The van der Waals surface area contributed by atoms with Crippen molar-refractivity contribution in [2.45, 2.75) is 0 Å². The maximum Gasteiger partial charge on any atom is 0.202 e. The summed E-state index contributed by atoms with van der Waals surface area (Å²) in [6.45, 7) is 0. The van der Waals surface area contributed by atoms with E-state index in [0.29, 0.717) is 0 Å². The van der Waals surface area contributed by atoms with Gasteiger partial charge in [0.25, 0.3) is 0 Å². The van der Waals surface area contributed by atoms with Gasteiger partial charge in [-0.2, -0.15) is 0 Å². The maximum atomic E-state index is 8.50. The zero-order chi connectivity index (χ0) is 2.71. The first-order valence-corrected chi connectivity index (χ1v) is 0.816. The number of hydrogen-bond donors (Lipinski definition) is 0. The van der Waals surface area contributed by atoms with E-state index in [0.717, 1.165) is 5.23 Å². The van der Waals surface area contributed by atoms with Crippen molar-refractivity contribution in [3.63, 3.8) is 0 Å². The fraction of sp³-hybridized carbons (Fsp3) is 0. The Morgan fingerprint density at radius 1 is 1.60 bits per heavy atom. The summed E-state index contributed by atoms with van der Waals surface area (Å²) in [5.41, 5.74) is 0. The predicted octanol–water partition coefficient (Wildman–Crippen LogP) is 0.246. The minimum Gasteiger partial charge on any atom is -0.220 e. The quantitative estimate of drug-likeness (QED) is 0.387. The fourth-order valence-electron chi connectivity index (χ4n) is 0. The van der Waals surface area contributed by atoms with E-state index in [1.807, 2.05) is 0 Å². The molecule has 0 spiro atoms. The van der Waals surface area contributed by atoms with Crippen LogP contribution in [0.3, 0.4) is 0 Å². The molecule has 0 aromatic rings. The van der Waals surface area contributed by atoms with Crippen LogP contribution in [0.15, 0.2) is 0 Å². The summed E-state index contributed by atoms with van der Waals surface area (Å²) < 4.78 is 0. The van der Waals surface area contributed by atoms with Crippen LogP contribution in [0.5, 0.6) is 0 Å². The molecule has 0 aliphatic heterocycles. The van der Waals surface area contributed by atoms with E-state index in [1.54, 1.807) is 0 Å². The molecule has 5 heavy (non-hydrogen) atoms. The van der Waals surface area contributed by atoms with Gasteiger partial charge in [-0.1, -0.05) is 0 Å². The zero-order valence-corrected chi connectivity index (χ0v) is 4.97. The summed E-state index contributed by atoms with van der Waals surface area (Å²) in [7, 11) is 0. The van der Waals surface area contributed by atoms with Crippen LogP contribution in [0.4, 0.5) is 0 Å². The number of rotatable bonds is 0. The van der Waals surface area contributed by atoms with E-state index >= 15 is 0 Å². The van der Waals surface area contributed by atoms with Crippen LogP contribution in [0.25, 0.3) is 0 Å². The molecule has 0 rings (SSSR count). The van der Waals surface area contributed by atoms with Crippen LogP contribution in [-0.2, 0) is 38.6 Å². The van der Waals surface area contributed by atoms with Crippen molar-refractivity contribution < 1.29 is 38.6 Å². The first-order valence-electron chi connectivity index (χ1n) is 0.408. The third kappa shape index (κ3) is 56.5. The molecule has 0 atom stereocenters. The summed E-state index contributed by atoms with van der Waals surface area (Å²) >= 11 is 3.59. The van der Waals surface area contributed by atoms with Gasteiger partial charge in [0.1, 0.15) is 0 Å². The molecule has 0 N–H and O–H groups in total. The Kier molecular flexibility index (Phi) is 72.0. The number of carbonyl (C=O) groups excluding carboxylic acids is 1. The molecule has 0 aromatic carbocycles. The smallest absolute Gasteiger partial charge is 0.202 e. The van der Waals surface area contributed by atoms with E-state index in [9.17, 15) is 0 Å². The van der Waals surface area contributed by atoms with Crippen molar-refractivity contribution in [2.24, 2.45) is 0 Å². The Hall–Kier alpha value is 0.826. The van der Waals surface area contributed by atoms with Crippen molar-refractivity contribution in [1.29, 1.82) is 0 Å². The molecular formula is CCoFeOS. The Morgan fingerprint density at radius 3 is 1.60 bits per heavy atom. The van der Waals surface area contributed by atoms with Crippen molar-refractivity contribution >= 4 is 17.5 Å². The third-order valence-corrected chi connectivity index (χ3v) is 0. The molecule has 0 amide bonds. The van der Waals surface area contributed by atoms with E-state index in [4.69, 9.17) is 4.79 Å². The average Bonchev–Trinajstić information content (AvgIpc) is 0.918. The van der Waals surface area contributed by atoms with Gasteiger partial charge in [0.15, 0.2) is 0 Å². The summed E-state index contributed by atoms with van der Waals surface area (Å²) in [6.07, 6.45) is 0. The molecule has 0 unspecified atom stereocenters. The van der Waals surface area contributed by atoms with Gasteiger partial charge < -0.3 is 0 Å². The molecule has 0 saturated carbocycles. The monoisotopic (exact) mass is 175 g/mol. The summed E-state index contributed by atoms with van der Waals surface area (Å²) in [6, 6.07) is 0. The van der Waals surface area contributed by atoms with E-state index in [-0.39, 0.29) is 33.8 Å². The van der Waals surface area contributed by atoms with Gasteiger partial charge in [0.05, 0.1) is 0 Å². The number of thiocarbonyl (C=S) groups is 1. The molecule has 0 aromatic heterocycles. The molecule has 1 nitrogen and oxygen atoms in total. The van der Waals surface area contributed by atoms with Crippen LogP contribution in [0.2, 0.25) is 0 Å². The first kappa shape index (κ1) is 17.0. The Morgan fingerprint density at radius 2 is 1.60 bits per heavy atom. The second-order valence-electron chi connectivity index (χ2n) is 0.0833. The van der Waals surface area contributed by atoms with Crippen molar-refractivity contribution in [1.82, 2.24) is 0 Å².